The lowest BCUT2D eigenvalue weighted by molar-refractivity contribution is -0.0466. The van der Waals surface area contributed by atoms with E-state index in [4.69, 9.17) is 15.2 Å². The Kier molecular flexibility index (Phi) is 5.50. The number of ether oxygens (including phenoxy) is 2. The molecule has 1 aromatic carbocycles. The molecule has 6 heteroatoms. The second kappa shape index (κ2) is 6.92. The summed E-state index contributed by atoms with van der Waals surface area (Å²) in [6, 6.07) is 3.67. The predicted molar refractivity (Wildman–Crippen MR) is 83.6 cm³/mol. The molecule has 0 aliphatic carbocycles. The molecule has 0 bridgehead atoms. The van der Waals surface area contributed by atoms with E-state index >= 15 is 0 Å². The fourth-order valence-electron chi connectivity index (χ4n) is 2.06. The number of hydrogen-bond acceptors (Lipinski definition) is 4. The highest BCUT2D eigenvalue weighted by molar-refractivity contribution is 9.11. The number of benzene rings is 1. The predicted octanol–water partition coefficient (Wildman–Crippen LogP) is 2.89. The third-order valence-corrected chi connectivity index (χ3v) is 4.28. The standard InChI is InChI=1S/C13H18Br2N2O2/c1-2-17-3-4-18-10(7-17)8-19-13-11(14)5-9(16)6-12(13)15/h5-6,10H,2-4,7-8,16H2,1H3. The van der Waals surface area contributed by atoms with Gasteiger partial charge in [0.05, 0.1) is 15.6 Å². The fourth-order valence-corrected chi connectivity index (χ4v) is 3.51. The highest BCUT2D eigenvalue weighted by atomic mass is 79.9. The van der Waals surface area contributed by atoms with E-state index in [0.29, 0.717) is 12.3 Å². The van der Waals surface area contributed by atoms with Crippen molar-refractivity contribution in [2.24, 2.45) is 0 Å². The maximum absolute atomic E-state index is 5.85. The number of halogens is 2. The molecule has 1 atom stereocenters. The SMILES string of the molecule is CCN1CCOC(COc2c(Br)cc(N)cc2Br)C1. The van der Waals surface area contributed by atoms with Crippen LogP contribution in [0.3, 0.4) is 0 Å². The zero-order valence-electron chi connectivity index (χ0n) is 10.9. The molecular formula is C13H18Br2N2O2. The zero-order valence-corrected chi connectivity index (χ0v) is 14.0. The van der Waals surface area contributed by atoms with E-state index in [1.54, 1.807) is 0 Å². The van der Waals surface area contributed by atoms with Crippen molar-refractivity contribution < 1.29 is 9.47 Å². The Labute approximate surface area is 130 Å². The largest absolute Gasteiger partial charge is 0.488 e. The molecule has 0 radical (unpaired) electrons. The normalized spacial score (nSPS) is 20.5. The van der Waals surface area contributed by atoms with Gasteiger partial charge in [-0.1, -0.05) is 6.92 Å². The van der Waals surface area contributed by atoms with Gasteiger partial charge in [-0.2, -0.15) is 0 Å². The monoisotopic (exact) mass is 392 g/mol. The number of hydrogen-bond donors (Lipinski definition) is 1. The maximum atomic E-state index is 5.85. The number of nitrogens with two attached hydrogens (primary N) is 1. The first-order valence-corrected chi connectivity index (χ1v) is 7.90. The van der Waals surface area contributed by atoms with E-state index < -0.39 is 0 Å². The minimum atomic E-state index is 0.116. The van der Waals surface area contributed by atoms with Crippen molar-refractivity contribution in [2.75, 3.05) is 38.6 Å². The van der Waals surface area contributed by atoms with Gasteiger partial charge in [-0.25, -0.2) is 0 Å². The molecule has 0 spiro atoms. The van der Waals surface area contributed by atoms with Crippen LogP contribution < -0.4 is 10.5 Å². The first-order chi connectivity index (χ1) is 9.10. The summed E-state index contributed by atoms with van der Waals surface area (Å²) < 4.78 is 13.3. The van der Waals surface area contributed by atoms with E-state index in [9.17, 15) is 0 Å². The lowest BCUT2D eigenvalue weighted by Gasteiger charge is -2.32. The Morgan fingerprint density at radius 3 is 2.74 bits per heavy atom. The molecule has 2 rings (SSSR count). The van der Waals surface area contributed by atoms with Gasteiger partial charge in [-0.3, -0.25) is 4.90 Å². The Morgan fingerprint density at radius 2 is 2.11 bits per heavy atom. The first-order valence-electron chi connectivity index (χ1n) is 6.31. The molecule has 0 amide bonds. The van der Waals surface area contributed by atoms with E-state index in [1.807, 2.05) is 12.1 Å². The van der Waals surface area contributed by atoms with Crippen LogP contribution in [0.5, 0.6) is 5.75 Å². The average molecular weight is 394 g/mol. The number of nitrogen functional groups attached to an aromatic ring is 1. The molecular weight excluding hydrogens is 376 g/mol. The average Bonchev–Trinajstić information content (AvgIpc) is 2.37. The van der Waals surface area contributed by atoms with Gasteiger partial charge >= 0.3 is 0 Å². The van der Waals surface area contributed by atoms with Crippen LogP contribution in [0.4, 0.5) is 5.69 Å². The van der Waals surface area contributed by atoms with Gasteiger partial charge in [0.25, 0.3) is 0 Å². The molecule has 1 aliphatic heterocycles. The third kappa shape index (κ3) is 4.08. The quantitative estimate of drug-likeness (QED) is 0.799. The van der Waals surface area contributed by atoms with Gasteiger partial charge < -0.3 is 15.2 Å². The summed E-state index contributed by atoms with van der Waals surface area (Å²) >= 11 is 6.92. The molecule has 1 saturated heterocycles. The Balaban J connectivity index is 1.95. The van der Waals surface area contributed by atoms with Crippen molar-refractivity contribution in [2.45, 2.75) is 13.0 Å². The summed E-state index contributed by atoms with van der Waals surface area (Å²) in [5, 5.41) is 0. The van der Waals surface area contributed by atoms with Crippen LogP contribution >= 0.6 is 31.9 Å². The van der Waals surface area contributed by atoms with E-state index in [0.717, 1.165) is 40.9 Å². The molecule has 4 nitrogen and oxygen atoms in total. The van der Waals surface area contributed by atoms with Crippen molar-refractivity contribution >= 4 is 37.5 Å². The van der Waals surface area contributed by atoms with Gasteiger partial charge in [0.2, 0.25) is 0 Å². The summed E-state index contributed by atoms with van der Waals surface area (Å²) in [6.45, 7) is 6.44. The summed E-state index contributed by atoms with van der Waals surface area (Å²) in [5.41, 5.74) is 6.45. The molecule has 1 aliphatic rings. The van der Waals surface area contributed by atoms with Crippen LogP contribution in [0.1, 0.15) is 6.92 Å². The van der Waals surface area contributed by atoms with Gasteiger partial charge in [-0.05, 0) is 50.5 Å². The minimum absolute atomic E-state index is 0.116. The number of morpholine rings is 1. The zero-order chi connectivity index (χ0) is 13.8. The van der Waals surface area contributed by atoms with Crippen molar-refractivity contribution in [1.82, 2.24) is 4.90 Å². The fraction of sp³-hybridized carbons (Fsp3) is 0.538. The van der Waals surface area contributed by atoms with Crippen LogP contribution in [0, 0.1) is 0 Å². The molecule has 1 unspecified atom stereocenters. The lowest BCUT2D eigenvalue weighted by Crippen LogP contribution is -2.44. The van der Waals surface area contributed by atoms with Gasteiger partial charge in [0, 0.05) is 18.8 Å². The number of likely N-dealkylation sites (N-methyl/N-ethyl adjacent to an activating group) is 1. The smallest absolute Gasteiger partial charge is 0.147 e. The molecule has 1 aromatic rings. The van der Waals surface area contributed by atoms with Crippen molar-refractivity contribution in [3.8, 4) is 5.75 Å². The summed E-state index contributed by atoms with van der Waals surface area (Å²) in [7, 11) is 0. The van der Waals surface area contributed by atoms with Crippen LogP contribution in [-0.2, 0) is 4.74 Å². The Morgan fingerprint density at radius 1 is 1.42 bits per heavy atom. The maximum Gasteiger partial charge on any atom is 0.147 e. The molecule has 1 fully saturated rings. The van der Waals surface area contributed by atoms with Gasteiger partial charge in [-0.15, -0.1) is 0 Å². The molecule has 106 valence electrons. The molecule has 0 saturated carbocycles. The summed E-state index contributed by atoms with van der Waals surface area (Å²) in [5.74, 6) is 0.770. The molecule has 1 heterocycles. The van der Waals surface area contributed by atoms with E-state index in [2.05, 4.69) is 43.7 Å². The lowest BCUT2D eigenvalue weighted by atomic mass is 10.3. The Bertz CT molecular complexity index is 420. The van der Waals surface area contributed by atoms with Crippen LogP contribution in [-0.4, -0.2) is 43.9 Å². The second-order valence-electron chi connectivity index (χ2n) is 4.51. The van der Waals surface area contributed by atoms with Crippen molar-refractivity contribution in [3.63, 3.8) is 0 Å². The van der Waals surface area contributed by atoms with Gasteiger partial charge in [0.1, 0.15) is 18.5 Å². The molecule has 19 heavy (non-hydrogen) atoms. The van der Waals surface area contributed by atoms with Crippen molar-refractivity contribution in [3.05, 3.63) is 21.1 Å². The molecule has 0 aromatic heterocycles. The van der Waals surface area contributed by atoms with E-state index in [1.165, 1.54) is 0 Å². The molecule has 2 N–H and O–H groups in total. The summed E-state index contributed by atoms with van der Waals surface area (Å²) in [4.78, 5) is 2.37. The topological polar surface area (TPSA) is 47.7 Å². The number of nitrogens with zero attached hydrogens (tertiary/aromatic N) is 1. The minimum Gasteiger partial charge on any atom is -0.488 e. The van der Waals surface area contributed by atoms with Crippen molar-refractivity contribution in [1.29, 1.82) is 0 Å². The van der Waals surface area contributed by atoms with Crippen LogP contribution in [0.2, 0.25) is 0 Å². The highest BCUT2D eigenvalue weighted by Gasteiger charge is 2.20. The highest BCUT2D eigenvalue weighted by Crippen LogP contribution is 2.35. The van der Waals surface area contributed by atoms with E-state index in [-0.39, 0.29) is 6.10 Å². The summed E-state index contributed by atoms with van der Waals surface area (Å²) in [6.07, 6.45) is 0.116. The van der Waals surface area contributed by atoms with Crippen LogP contribution in [0.25, 0.3) is 0 Å². The first kappa shape index (κ1) is 15.1. The third-order valence-electron chi connectivity index (χ3n) is 3.10. The van der Waals surface area contributed by atoms with Gasteiger partial charge in [0.15, 0.2) is 0 Å². The van der Waals surface area contributed by atoms with Crippen LogP contribution in [0.15, 0.2) is 21.1 Å². The number of anilines is 1. The second-order valence-corrected chi connectivity index (χ2v) is 6.22. The number of rotatable bonds is 4. The Hall–Kier alpha value is -0.300.